The number of nitrogens with two attached hydrogens (primary N) is 1. The SMILES string of the molecule is CC(C)Sc1ccc(CNCCCN)cc1. The minimum atomic E-state index is 0.647. The Kier molecular flexibility index (Phi) is 6.53. The maximum absolute atomic E-state index is 5.43. The van der Waals surface area contributed by atoms with Gasteiger partial charge in [-0.15, -0.1) is 11.8 Å². The van der Waals surface area contributed by atoms with Gasteiger partial charge in [0, 0.05) is 16.7 Å². The van der Waals surface area contributed by atoms with Crippen LogP contribution in [0.15, 0.2) is 29.2 Å². The molecule has 0 spiro atoms. The molecule has 0 heterocycles. The maximum Gasteiger partial charge on any atom is 0.0205 e. The minimum absolute atomic E-state index is 0.647. The lowest BCUT2D eigenvalue weighted by molar-refractivity contribution is 0.655. The molecule has 0 saturated carbocycles. The third-order valence-electron chi connectivity index (χ3n) is 2.18. The van der Waals surface area contributed by atoms with Gasteiger partial charge in [-0.25, -0.2) is 0 Å². The lowest BCUT2D eigenvalue weighted by atomic mass is 10.2. The molecule has 3 heteroatoms. The molecule has 2 nitrogen and oxygen atoms in total. The van der Waals surface area contributed by atoms with Crippen molar-refractivity contribution in [3.8, 4) is 0 Å². The van der Waals surface area contributed by atoms with Crippen molar-refractivity contribution in [2.75, 3.05) is 13.1 Å². The Hall–Kier alpha value is -0.510. The van der Waals surface area contributed by atoms with E-state index >= 15 is 0 Å². The smallest absolute Gasteiger partial charge is 0.0205 e. The van der Waals surface area contributed by atoms with Crippen molar-refractivity contribution in [2.45, 2.75) is 37.0 Å². The number of rotatable bonds is 7. The Labute approximate surface area is 103 Å². The van der Waals surface area contributed by atoms with Gasteiger partial charge in [0.25, 0.3) is 0 Å². The summed E-state index contributed by atoms with van der Waals surface area (Å²) in [6, 6.07) is 8.79. The van der Waals surface area contributed by atoms with Gasteiger partial charge in [0.1, 0.15) is 0 Å². The van der Waals surface area contributed by atoms with Crippen molar-refractivity contribution < 1.29 is 0 Å². The Morgan fingerprint density at radius 2 is 1.94 bits per heavy atom. The van der Waals surface area contributed by atoms with Gasteiger partial charge in [0.2, 0.25) is 0 Å². The van der Waals surface area contributed by atoms with E-state index in [0.717, 1.165) is 26.1 Å². The summed E-state index contributed by atoms with van der Waals surface area (Å²) in [5, 5.41) is 4.02. The number of nitrogens with one attached hydrogen (secondary N) is 1. The van der Waals surface area contributed by atoms with Crippen molar-refractivity contribution in [2.24, 2.45) is 5.73 Å². The van der Waals surface area contributed by atoms with E-state index in [0.29, 0.717) is 5.25 Å². The molecule has 0 atom stereocenters. The molecular formula is C13H22N2S. The molecule has 0 aliphatic rings. The summed E-state index contributed by atoms with van der Waals surface area (Å²) in [4.78, 5) is 1.35. The third kappa shape index (κ3) is 5.54. The summed E-state index contributed by atoms with van der Waals surface area (Å²) in [5.74, 6) is 0. The zero-order valence-electron chi connectivity index (χ0n) is 10.2. The molecule has 1 aromatic rings. The summed E-state index contributed by atoms with van der Waals surface area (Å²) in [7, 11) is 0. The molecule has 90 valence electrons. The van der Waals surface area contributed by atoms with Gasteiger partial charge in [0.15, 0.2) is 0 Å². The van der Waals surface area contributed by atoms with Crippen molar-refractivity contribution in [1.29, 1.82) is 0 Å². The van der Waals surface area contributed by atoms with Gasteiger partial charge in [0.05, 0.1) is 0 Å². The van der Waals surface area contributed by atoms with E-state index in [1.54, 1.807) is 0 Å². The second-order valence-corrected chi connectivity index (χ2v) is 5.78. The lowest BCUT2D eigenvalue weighted by Gasteiger charge is -2.07. The largest absolute Gasteiger partial charge is 0.330 e. The van der Waals surface area contributed by atoms with Crippen LogP contribution in [0.3, 0.4) is 0 Å². The van der Waals surface area contributed by atoms with Crippen molar-refractivity contribution in [1.82, 2.24) is 5.32 Å². The van der Waals surface area contributed by atoms with Gasteiger partial charge < -0.3 is 11.1 Å². The monoisotopic (exact) mass is 238 g/mol. The zero-order chi connectivity index (χ0) is 11.8. The number of hydrogen-bond donors (Lipinski definition) is 2. The van der Waals surface area contributed by atoms with E-state index in [2.05, 4.69) is 43.4 Å². The number of thioether (sulfide) groups is 1. The lowest BCUT2D eigenvalue weighted by Crippen LogP contribution is -2.17. The van der Waals surface area contributed by atoms with E-state index < -0.39 is 0 Å². The molecule has 16 heavy (non-hydrogen) atoms. The van der Waals surface area contributed by atoms with Crippen LogP contribution in [0.2, 0.25) is 0 Å². The summed E-state index contributed by atoms with van der Waals surface area (Å²) < 4.78 is 0. The van der Waals surface area contributed by atoms with Crippen LogP contribution in [0.5, 0.6) is 0 Å². The Balaban J connectivity index is 2.33. The second-order valence-electron chi connectivity index (χ2n) is 4.13. The highest BCUT2D eigenvalue weighted by Gasteiger charge is 1.98. The van der Waals surface area contributed by atoms with Crippen LogP contribution in [0.1, 0.15) is 25.8 Å². The van der Waals surface area contributed by atoms with E-state index in [9.17, 15) is 0 Å². The van der Waals surface area contributed by atoms with Crippen LogP contribution in [0, 0.1) is 0 Å². The molecule has 1 aromatic carbocycles. The summed E-state index contributed by atoms with van der Waals surface area (Å²) in [6.07, 6.45) is 1.04. The highest BCUT2D eigenvalue weighted by molar-refractivity contribution is 7.99. The maximum atomic E-state index is 5.43. The Bertz CT molecular complexity index is 282. The minimum Gasteiger partial charge on any atom is -0.330 e. The molecule has 0 unspecified atom stereocenters. The quantitative estimate of drug-likeness (QED) is 0.566. The Morgan fingerprint density at radius 3 is 2.50 bits per heavy atom. The molecule has 0 aliphatic carbocycles. The molecule has 0 amide bonds. The molecule has 0 saturated heterocycles. The van der Waals surface area contributed by atoms with Gasteiger partial charge in [-0.3, -0.25) is 0 Å². The third-order valence-corrected chi connectivity index (χ3v) is 3.20. The zero-order valence-corrected chi connectivity index (χ0v) is 11.0. The van der Waals surface area contributed by atoms with Crippen LogP contribution in [-0.4, -0.2) is 18.3 Å². The van der Waals surface area contributed by atoms with Crippen molar-refractivity contribution in [3.63, 3.8) is 0 Å². The summed E-state index contributed by atoms with van der Waals surface area (Å²) >= 11 is 1.90. The number of hydrogen-bond acceptors (Lipinski definition) is 3. The molecular weight excluding hydrogens is 216 g/mol. The normalized spacial score (nSPS) is 11.0. The molecule has 1 rings (SSSR count). The summed E-state index contributed by atoms with van der Waals surface area (Å²) in [5.41, 5.74) is 6.77. The van der Waals surface area contributed by atoms with Crippen LogP contribution in [-0.2, 0) is 6.54 Å². The molecule has 0 bridgehead atoms. The highest BCUT2D eigenvalue weighted by atomic mass is 32.2. The first-order valence-corrected chi connectivity index (χ1v) is 6.76. The molecule has 0 fully saturated rings. The predicted molar refractivity (Wildman–Crippen MR) is 72.8 cm³/mol. The molecule has 0 radical (unpaired) electrons. The first kappa shape index (κ1) is 13.6. The van der Waals surface area contributed by atoms with E-state index in [-0.39, 0.29) is 0 Å². The Morgan fingerprint density at radius 1 is 1.25 bits per heavy atom. The van der Waals surface area contributed by atoms with Gasteiger partial charge in [-0.05, 0) is 37.2 Å². The average Bonchev–Trinajstić information content (AvgIpc) is 2.26. The van der Waals surface area contributed by atoms with Gasteiger partial charge >= 0.3 is 0 Å². The fraction of sp³-hybridized carbons (Fsp3) is 0.538. The van der Waals surface area contributed by atoms with Crippen LogP contribution in [0.4, 0.5) is 0 Å². The highest BCUT2D eigenvalue weighted by Crippen LogP contribution is 2.22. The van der Waals surface area contributed by atoms with E-state index in [1.807, 2.05) is 11.8 Å². The van der Waals surface area contributed by atoms with E-state index in [4.69, 9.17) is 5.73 Å². The van der Waals surface area contributed by atoms with Crippen molar-refractivity contribution >= 4 is 11.8 Å². The van der Waals surface area contributed by atoms with Crippen LogP contribution < -0.4 is 11.1 Å². The fourth-order valence-corrected chi connectivity index (χ4v) is 2.26. The van der Waals surface area contributed by atoms with E-state index in [1.165, 1.54) is 10.5 Å². The fourth-order valence-electron chi connectivity index (χ4n) is 1.42. The predicted octanol–water partition coefficient (Wildman–Crippen LogP) is 2.63. The first-order valence-electron chi connectivity index (χ1n) is 5.88. The van der Waals surface area contributed by atoms with Gasteiger partial charge in [-0.1, -0.05) is 26.0 Å². The molecule has 0 aromatic heterocycles. The first-order chi connectivity index (χ1) is 7.72. The second kappa shape index (κ2) is 7.71. The van der Waals surface area contributed by atoms with Crippen LogP contribution in [0.25, 0.3) is 0 Å². The average molecular weight is 238 g/mol. The standard InChI is InChI=1S/C13H22N2S/c1-11(2)16-13-6-4-12(5-7-13)10-15-9-3-8-14/h4-7,11,15H,3,8-10,14H2,1-2H3. The topological polar surface area (TPSA) is 38.0 Å². The van der Waals surface area contributed by atoms with Gasteiger partial charge in [-0.2, -0.15) is 0 Å². The molecule has 3 N–H and O–H groups in total. The molecule has 0 aliphatic heterocycles. The van der Waals surface area contributed by atoms with Crippen molar-refractivity contribution in [3.05, 3.63) is 29.8 Å². The number of benzene rings is 1. The van der Waals surface area contributed by atoms with Crippen LogP contribution >= 0.6 is 11.8 Å². The summed E-state index contributed by atoms with van der Waals surface area (Å²) in [6.45, 7) is 7.13.